The van der Waals surface area contributed by atoms with Crippen molar-refractivity contribution in [1.29, 1.82) is 0 Å². The first-order valence-electron chi connectivity index (χ1n) is 12.1. The number of aliphatic hydroxyl groups excluding tert-OH is 2. The van der Waals surface area contributed by atoms with Crippen molar-refractivity contribution in [1.82, 2.24) is 5.32 Å². The fourth-order valence-electron chi connectivity index (χ4n) is 8.21. The lowest BCUT2D eigenvalue weighted by Gasteiger charge is -2.63. The Morgan fingerprint density at radius 2 is 1.94 bits per heavy atom. The number of fused-ring (bicyclic) bond motifs is 5. The molecule has 9 atom stereocenters. The van der Waals surface area contributed by atoms with Crippen molar-refractivity contribution in [2.45, 2.75) is 77.4 Å². The van der Waals surface area contributed by atoms with E-state index in [4.69, 9.17) is 4.84 Å². The number of rotatable bonds is 3. The number of Topliss-reactive ketones (excluding diaryl/α,β-unsaturated/α-hetero) is 1. The van der Waals surface area contributed by atoms with Gasteiger partial charge in [0.1, 0.15) is 11.9 Å². The lowest BCUT2D eigenvalue weighted by Crippen LogP contribution is -2.62. The number of carbonyl (C=O) groups excluding carboxylic acids is 1. The van der Waals surface area contributed by atoms with E-state index in [1.165, 1.54) is 0 Å². The molecule has 1 aliphatic heterocycles. The summed E-state index contributed by atoms with van der Waals surface area (Å²) in [6.07, 6.45) is 6.94. The molecule has 0 bridgehead atoms. The zero-order valence-electron chi connectivity index (χ0n) is 18.9. The molecule has 5 aliphatic rings. The van der Waals surface area contributed by atoms with Crippen molar-refractivity contribution in [2.75, 3.05) is 19.7 Å². The molecule has 0 spiro atoms. The van der Waals surface area contributed by atoms with Crippen LogP contribution in [0.3, 0.4) is 0 Å². The zero-order chi connectivity index (χ0) is 21.1. The highest BCUT2D eigenvalue weighted by atomic mass is 35.5. The van der Waals surface area contributed by atoms with Crippen molar-refractivity contribution in [3.63, 3.8) is 0 Å². The summed E-state index contributed by atoms with van der Waals surface area (Å²) >= 11 is 0. The van der Waals surface area contributed by atoms with Gasteiger partial charge < -0.3 is 20.4 Å². The first-order chi connectivity index (χ1) is 14.4. The Morgan fingerprint density at radius 1 is 1.13 bits per heavy atom. The molecule has 7 heteroatoms. The van der Waals surface area contributed by atoms with Crippen LogP contribution in [0.25, 0.3) is 0 Å². The van der Waals surface area contributed by atoms with Gasteiger partial charge in [0.15, 0.2) is 0 Å². The van der Waals surface area contributed by atoms with Crippen LogP contribution in [0.1, 0.15) is 65.2 Å². The van der Waals surface area contributed by atoms with Crippen molar-refractivity contribution < 1.29 is 19.8 Å². The Balaban J connectivity index is 0.00000231. The second kappa shape index (κ2) is 8.58. The molecule has 0 aromatic heterocycles. The van der Waals surface area contributed by atoms with Gasteiger partial charge in [-0.15, -0.1) is 12.4 Å². The van der Waals surface area contributed by atoms with Crippen molar-refractivity contribution >= 4 is 23.9 Å². The third-order valence-corrected chi connectivity index (χ3v) is 10.1. The van der Waals surface area contributed by atoms with E-state index in [-0.39, 0.29) is 59.6 Å². The van der Waals surface area contributed by atoms with E-state index < -0.39 is 6.10 Å². The second-order valence-corrected chi connectivity index (χ2v) is 11.2. The Kier molecular flexibility index (Phi) is 6.50. The molecule has 1 saturated heterocycles. The summed E-state index contributed by atoms with van der Waals surface area (Å²) in [7, 11) is 0. The van der Waals surface area contributed by atoms with Crippen LogP contribution in [0.5, 0.6) is 0 Å². The normalized spacial score (nSPS) is 50.4. The topological polar surface area (TPSA) is 91.2 Å². The van der Waals surface area contributed by atoms with E-state index in [2.05, 4.69) is 24.3 Å². The number of ketones is 1. The van der Waals surface area contributed by atoms with Gasteiger partial charge in [-0.1, -0.05) is 19.0 Å². The van der Waals surface area contributed by atoms with Crippen LogP contribution >= 0.6 is 12.4 Å². The Hall–Kier alpha value is -0.690. The molecule has 3 N–H and O–H groups in total. The zero-order valence-corrected chi connectivity index (χ0v) is 19.7. The average molecular weight is 455 g/mol. The van der Waals surface area contributed by atoms with Crippen molar-refractivity contribution in [3.05, 3.63) is 0 Å². The Bertz CT molecular complexity index is 726. The molecule has 6 nitrogen and oxygen atoms in total. The largest absolute Gasteiger partial charge is 0.396 e. The smallest absolute Gasteiger partial charge is 0.141 e. The lowest BCUT2D eigenvalue weighted by molar-refractivity contribution is -0.188. The van der Waals surface area contributed by atoms with Crippen LogP contribution in [-0.2, 0) is 9.63 Å². The number of halogens is 1. The average Bonchev–Trinajstić information content (AvgIpc) is 3.36. The molecule has 5 rings (SSSR count). The van der Waals surface area contributed by atoms with E-state index in [9.17, 15) is 15.0 Å². The molecule has 0 radical (unpaired) electrons. The monoisotopic (exact) mass is 454 g/mol. The third-order valence-electron chi connectivity index (χ3n) is 10.1. The second-order valence-electron chi connectivity index (χ2n) is 11.2. The predicted molar refractivity (Wildman–Crippen MR) is 121 cm³/mol. The maximum atomic E-state index is 12.7. The Labute approximate surface area is 192 Å². The Morgan fingerprint density at radius 3 is 2.65 bits per heavy atom. The predicted octanol–water partition coefficient (Wildman–Crippen LogP) is 2.94. The highest BCUT2D eigenvalue weighted by molar-refractivity contribution is 5.87. The molecular weight excluding hydrogens is 416 g/mol. The molecule has 4 saturated carbocycles. The molecular formula is C24H39ClN2O4. The number of nitrogens with zero attached hydrogens (tertiary/aromatic N) is 1. The van der Waals surface area contributed by atoms with Gasteiger partial charge in [0.05, 0.1) is 11.8 Å². The summed E-state index contributed by atoms with van der Waals surface area (Å²) in [5, 5.41) is 29.7. The van der Waals surface area contributed by atoms with Gasteiger partial charge in [-0.3, -0.25) is 4.79 Å². The lowest BCUT2D eigenvalue weighted by atomic mass is 9.42. The number of oxime groups is 1. The van der Waals surface area contributed by atoms with E-state index in [1.54, 1.807) is 0 Å². The van der Waals surface area contributed by atoms with Gasteiger partial charge in [-0.2, -0.15) is 0 Å². The summed E-state index contributed by atoms with van der Waals surface area (Å²) in [4.78, 5) is 18.5. The maximum Gasteiger partial charge on any atom is 0.141 e. The molecule has 5 fully saturated rings. The van der Waals surface area contributed by atoms with Gasteiger partial charge >= 0.3 is 0 Å². The number of hydrogen-bond acceptors (Lipinski definition) is 6. The van der Waals surface area contributed by atoms with Crippen LogP contribution in [0.2, 0.25) is 0 Å². The summed E-state index contributed by atoms with van der Waals surface area (Å²) in [5.74, 6) is 1.28. The van der Waals surface area contributed by atoms with Crippen LogP contribution < -0.4 is 5.32 Å². The number of carbonyl (C=O) groups is 1. The highest BCUT2D eigenvalue weighted by Crippen LogP contribution is 2.66. The number of hydrogen-bond donors (Lipinski definition) is 3. The molecule has 1 heterocycles. The van der Waals surface area contributed by atoms with Crippen molar-refractivity contribution in [2.24, 2.45) is 45.6 Å². The van der Waals surface area contributed by atoms with E-state index >= 15 is 0 Å². The van der Waals surface area contributed by atoms with Crippen LogP contribution in [-0.4, -0.2) is 53.6 Å². The quantitative estimate of drug-likeness (QED) is 0.570. The van der Waals surface area contributed by atoms with Gasteiger partial charge in [-0.05, 0) is 74.2 Å². The summed E-state index contributed by atoms with van der Waals surface area (Å²) in [6, 6.07) is 0. The van der Waals surface area contributed by atoms with Gasteiger partial charge in [-0.25, -0.2) is 0 Å². The molecule has 0 aromatic carbocycles. The SMILES string of the molecule is C[C@]12CCC(=NO[C@H]3CCNC3)CC1[C@@H](CO)[C@@H](O)[C@@H]1[C@@H]2CC[C@]2(C)C(=O)CC[C@@H]12.Cl. The molecule has 0 aromatic rings. The van der Waals surface area contributed by atoms with Gasteiger partial charge in [0, 0.05) is 37.3 Å². The van der Waals surface area contributed by atoms with Crippen molar-refractivity contribution in [3.8, 4) is 0 Å². The minimum Gasteiger partial charge on any atom is -0.396 e. The number of nitrogens with one attached hydrogen (secondary N) is 1. The molecule has 1 unspecified atom stereocenters. The molecule has 0 amide bonds. The minimum absolute atomic E-state index is 0. The first kappa shape index (κ1) is 23.5. The maximum absolute atomic E-state index is 12.7. The first-order valence-corrected chi connectivity index (χ1v) is 12.1. The molecule has 176 valence electrons. The molecule has 4 aliphatic carbocycles. The fraction of sp³-hybridized carbons (Fsp3) is 0.917. The number of aliphatic hydroxyl groups is 2. The van der Waals surface area contributed by atoms with Crippen LogP contribution in [0, 0.1) is 40.4 Å². The minimum atomic E-state index is -0.534. The van der Waals surface area contributed by atoms with E-state index in [0.717, 1.165) is 63.7 Å². The summed E-state index contributed by atoms with van der Waals surface area (Å²) < 4.78 is 0. The fourth-order valence-corrected chi connectivity index (χ4v) is 8.21. The highest BCUT2D eigenvalue weighted by Gasteiger charge is 2.64. The van der Waals surface area contributed by atoms with E-state index in [0.29, 0.717) is 18.1 Å². The van der Waals surface area contributed by atoms with Gasteiger partial charge in [0.25, 0.3) is 0 Å². The summed E-state index contributed by atoms with van der Waals surface area (Å²) in [5.41, 5.74) is 0.902. The van der Waals surface area contributed by atoms with E-state index in [1.807, 2.05) is 0 Å². The van der Waals surface area contributed by atoms with Crippen LogP contribution in [0.4, 0.5) is 0 Å². The third kappa shape index (κ3) is 3.56. The summed E-state index contributed by atoms with van der Waals surface area (Å²) in [6.45, 7) is 6.38. The standard InChI is InChI=1S/C24H38N2O4.ClH/c1-23-8-5-14(26-30-15-7-10-25-12-15)11-19(23)16(13-27)22(29)21-17-3-4-20(28)24(17,2)9-6-18(21)23;/h15-19,21-22,25,27,29H,3-13H2,1-2H3;1H/t15-,16+,17-,18-,19?,21-,22+,23+,24-;/m0./s1. The van der Waals surface area contributed by atoms with Crippen LogP contribution in [0.15, 0.2) is 5.16 Å². The van der Waals surface area contributed by atoms with Gasteiger partial charge in [0.2, 0.25) is 0 Å². The molecule has 31 heavy (non-hydrogen) atoms.